The molecule has 0 N–H and O–H groups in total. The molecular formula is C26H19F2NO6. The number of esters is 1. The van der Waals surface area contributed by atoms with Gasteiger partial charge in [-0.15, -0.1) is 0 Å². The molecule has 4 rings (SSSR count). The Morgan fingerprint density at radius 1 is 0.886 bits per heavy atom. The fourth-order valence-electron chi connectivity index (χ4n) is 3.68. The number of carbonyl (C=O) groups excluding carboxylic acids is 4. The lowest BCUT2D eigenvalue weighted by Crippen LogP contribution is -2.29. The number of Topliss-reactive ketones (excluding diaryl/α,β-unsaturated/α-hetero) is 1. The molecule has 0 radical (unpaired) electrons. The average Bonchev–Trinajstić information content (AvgIpc) is 3.09. The van der Waals surface area contributed by atoms with Crippen molar-refractivity contribution in [1.82, 2.24) is 4.90 Å². The number of rotatable bonds is 8. The van der Waals surface area contributed by atoms with Gasteiger partial charge in [-0.25, -0.2) is 13.6 Å². The summed E-state index contributed by atoms with van der Waals surface area (Å²) in [5.41, 5.74) is 0.449. The van der Waals surface area contributed by atoms with E-state index in [1.165, 1.54) is 12.1 Å². The van der Waals surface area contributed by atoms with Crippen molar-refractivity contribution in [2.24, 2.45) is 0 Å². The van der Waals surface area contributed by atoms with Crippen molar-refractivity contribution < 1.29 is 37.4 Å². The second-order valence-electron chi connectivity index (χ2n) is 7.63. The lowest BCUT2D eigenvalue weighted by Gasteiger charge is -2.16. The minimum Gasteiger partial charge on any atom is -0.493 e. The maximum absolute atomic E-state index is 13.8. The second kappa shape index (κ2) is 9.84. The number of fused-ring (bicyclic) bond motifs is 1. The number of ether oxygens (including phenoxy) is 2. The third-order valence-electron chi connectivity index (χ3n) is 5.35. The highest BCUT2D eigenvalue weighted by molar-refractivity contribution is 6.21. The number of halogens is 2. The highest BCUT2D eigenvalue weighted by Gasteiger charge is 2.35. The summed E-state index contributed by atoms with van der Waals surface area (Å²) in [6.07, 6.45) is 0. The molecule has 3 aromatic rings. The molecule has 1 heterocycles. The Hall–Kier alpha value is -4.40. The first-order valence-corrected chi connectivity index (χ1v) is 10.7. The van der Waals surface area contributed by atoms with E-state index in [9.17, 15) is 28.0 Å². The van der Waals surface area contributed by atoms with Gasteiger partial charge in [-0.3, -0.25) is 19.3 Å². The topological polar surface area (TPSA) is 90.0 Å². The van der Waals surface area contributed by atoms with E-state index >= 15 is 0 Å². The third-order valence-corrected chi connectivity index (χ3v) is 5.35. The number of carbonyl (C=O) groups is 4. The monoisotopic (exact) mass is 479 g/mol. The molecule has 1 aliphatic heterocycles. The van der Waals surface area contributed by atoms with Gasteiger partial charge in [0.25, 0.3) is 11.8 Å². The molecule has 35 heavy (non-hydrogen) atoms. The van der Waals surface area contributed by atoms with Crippen LogP contribution in [0, 0.1) is 11.6 Å². The predicted octanol–water partition coefficient (Wildman–Crippen LogP) is 4.20. The maximum atomic E-state index is 13.8. The normalized spacial score (nSPS) is 12.5. The number of hydrogen-bond donors (Lipinski definition) is 0. The SMILES string of the molecule is CCOc1ccc(CN2C(=O)c3ccccc3C2=O)cc1C(=O)OCC(=O)c1cc(F)ccc1F. The minimum absolute atomic E-state index is 0.0477. The molecule has 9 heteroatoms. The van der Waals surface area contributed by atoms with Crippen molar-refractivity contribution in [3.63, 3.8) is 0 Å². The van der Waals surface area contributed by atoms with Gasteiger partial charge < -0.3 is 9.47 Å². The summed E-state index contributed by atoms with van der Waals surface area (Å²) in [6, 6.07) is 13.3. The van der Waals surface area contributed by atoms with Gasteiger partial charge >= 0.3 is 5.97 Å². The number of ketones is 1. The number of imide groups is 1. The van der Waals surface area contributed by atoms with Crippen molar-refractivity contribution in [1.29, 1.82) is 0 Å². The van der Waals surface area contributed by atoms with Crippen LogP contribution in [-0.4, -0.2) is 41.7 Å². The Morgan fingerprint density at radius 2 is 1.57 bits per heavy atom. The highest BCUT2D eigenvalue weighted by atomic mass is 19.1. The number of benzene rings is 3. The largest absolute Gasteiger partial charge is 0.493 e. The van der Waals surface area contributed by atoms with Crippen LogP contribution in [0.4, 0.5) is 8.78 Å². The second-order valence-corrected chi connectivity index (χ2v) is 7.63. The molecular weight excluding hydrogens is 460 g/mol. The van der Waals surface area contributed by atoms with E-state index in [1.54, 1.807) is 37.3 Å². The lowest BCUT2D eigenvalue weighted by atomic mass is 10.1. The molecule has 0 unspecified atom stereocenters. The van der Waals surface area contributed by atoms with Crippen LogP contribution in [0.15, 0.2) is 60.7 Å². The number of nitrogens with zero attached hydrogens (tertiary/aromatic N) is 1. The van der Waals surface area contributed by atoms with E-state index in [4.69, 9.17) is 9.47 Å². The zero-order valence-corrected chi connectivity index (χ0v) is 18.5. The molecule has 0 aliphatic carbocycles. The van der Waals surface area contributed by atoms with E-state index in [2.05, 4.69) is 0 Å². The van der Waals surface area contributed by atoms with Crippen molar-refractivity contribution in [2.75, 3.05) is 13.2 Å². The standard InChI is InChI=1S/C26H19F2NO6/c1-2-34-23-10-7-15(13-29-24(31)17-5-3-4-6-18(17)25(29)32)11-20(23)26(33)35-14-22(30)19-12-16(27)8-9-21(19)28/h3-12H,2,13-14H2,1H3. The van der Waals surface area contributed by atoms with Gasteiger partial charge in [0.2, 0.25) is 5.78 Å². The Bertz CT molecular complexity index is 1320. The summed E-state index contributed by atoms with van der Waals surface area (Å²) in [7, 11) is 0. The van der Waals surface area contributed by atoms with Gasteiger partial charge in [-0.05, 0) is 55.0 Å². The lowest BCUT2D eigenvalue weighted by molar-refractivity contribution is 0.0469. The van der Waals surface area contributed by atoms with E-state index in [1.807, 2.05) is 0 Å². The molecule has 7 nitrogen and oxygen atoms in total. The zero-order valence-electron chi connectivity index (χ0n) is 18.5. The average molecular weight is 479 g/mol. The molecule has 0 saturated carbocycles. The number of hydrogen-bond acceptors (Lipinski definition) is 6. The first kappa shape index (κ1) is 23.7. The third kappa shape index (κ3) is 4.79. The van der Waals surface area contributed by atoms with Gasteiger partial charge in [0, 0.05) is 0 Å². The van der Waals surface area contributed by atoms with Crippen LogP contribution in [0.1, 0.15) is 53.9 Å². The summed E-state index contributed by atoms with van der Waals surface area (Å²) in [5, 5.41) is 0. The fourth-order valence-corrected chi connectivity index (χ4v) is 3.68. The molecule has 0 atom stereocenters. The van der Waals surface area contributed by atoms with Crippen LogP contribution >= 0.6 is 0 Å². The quantitative estimate of drug-likeness (QED) is 0.273. The van der Waals surface area contributed by atoms with Crippen molar-refractivity contribution >= 4 is 23.6 Å². The summed E-state index contributed by atoms with van der Waals surface area (Å²) >= 11 is 0. The fraction of sp³-hybridized carbons (Fsp3) is 0.154. The zero-order chi connectivity index (χ0) is 25.1. The van der Waals surface area contributed by atoms with Crippen LogP contribution in [0.2, 0.25) is 0 Å². The summed E-state index contributed by atoms with van der Waals surface area (Å²) in [4.78, 5) is 51.4. The van der Waals surface area contributed by atoms with Gasteiger partial charge in [0.1, 0.15) is 22.9 Å². The summed E-state index contributed by atoms with van der Waals surface area (Å²) < 4.78 is 37.7. The van der Waals surface area contributed by atoms with E-state index in [0.717, 1.165) is 23.1 Å². The Morgan fingerprint density at radius 3 is 2.23 bits per heavy atom. The van der Waals surface area contributed by atoms with Crippen molar-refractivity contribution in [3.8, 4) is 5.75 Å². The molecule has 0 bridgehead atoms. The van der Waals surface area contributed by atoms with E-state index < -0.39 is 47.4 Å². The van der Waals surface area contributed by atoms with E-state index in [-0.39, 0.29) is 24.5 Å². The first-order chi connectivity index (χ1) is 16.8. The van der Waals surface area contributed by atoms with Crippen LogP contribution in [0.5, 0.6) is 5.75 Å². The van der Waals surface area contributed by atoms with Crippen LogP contribution in [0.3, 0.4) is 0 Å². The van der Waals surface area contributed by atoms with Crippen LogP contribution < -0.4 is 4.74 Å². The molecule has 0 aromatic heterocycles. The molecule has 3 aromatic carbocycles. The highest BCUT2D eigenvalue weighted by Crippen LogP contribution is 2.27. The molecule has 1 aliphatic rings. The summed E-state index contributed by atoms with van der Waals surface area (Å²) in [6.45, 7) is 1.00. The molecule has 0 saturated heterocycles. The van der Waals surface area contributed by atoms with Gasteiger partial charge in [-0.2, -0.15) is 0 Å². The Labute approximate surface area is 198 Å². The predicted molar refractivity (Wildman–Crippen MR) is 119 cm³/mol. The van der Waals surface area contributed by atoms with E-state index in [0.29, 0.717) is 16.7 Å². The maximum Gasteiger partial charge on any atom is 0.342 e. The number of amides is 2. The van der Waals surface area contributed by atoms with Crippen LogP contribution in [-0.2, 0) is 11.3 Å². The van der Waals surface area contributed by atoms with Crippen molar-refractivity contribution in [2.45, 2.75) is 13.5 Å². The Balaban J connectivity index is 1.53. The van der Waals surface area contributed by atoms with Crippen LogP contribution in [0.25, 0.3) is 0 Å². The molecule has 178 valence electrons. The first-order valence-electron chi connectivity index (χ1n) is 10.7. The smallest absolute Gasteiger partial charge is 0.342 e. The van der Waals surface area contributed by atoms with Gasteiger partial charge in [0.15, 0.2) is 6.61 Å². The summed E-state index contributed by atoms with van der Waals surface area (Å²) in [5.74, 6) is -4.35. The van der Waals surface area contributed by atoms with Crippen molar-refractivity contribution in [3.05, 3.63) is 100 Å². The molecule has 0 fully saturated rings. The molecule has 0 spiro atoms. The van der Waals surface area contributed by atoms with Gasteiger partial charge in [-0.1, -0.05) is 18.2 Å². The Kier molecular flexibility index (Phi) is 6.68. The minimum atomic E-state index is -0.942. The van der Waals surface area contributed by atoms with Gasteiger partial charge in [0.05, 0.1) is 29.8 Å². The molecule has 2 amide bonds.